The highest BCUT2D eigenvalue weighted by atomic mass is 16.6. The molecule has 0 aliphatic rings. The first kappa shape index (κ1) is 15.8. The van der Waals surface area contributed by atoms with Gasteiger partial charge in [0.1, 0.15) is 0 Å². The molecule has 1 aromatic rings. The minimum atomic E-state index is -2.70. The minimum absolute atomic E-state index is 0.0875. The highest BCUT2D eigenvalue weighted by Gasteiger charge is 2.56. The monoisotopic (exact) mass is 294 g/mol. The molecule has 21 heavy (non-hydrogen) atoms. The van der Waals surface area contributed by atoms with E-state index in [4.69, 9.17) is 11.1 Å². The third-order valence-electron chi connectivity index (χ3n) is 2.64. The molecule has 0 aliphatic carbocycles. The van der Waals surface area contributed by atoms with E-state index in [0.717, 1.165) is 0 Å². The number of rotatable bonds is 6. The Labute approximate surface area is 117 Å². The first-order valence-corrected chi connectivity index (χ1v) is 5.48. The fraction of sp³-hybridized carbons (Fsp3) is 0.200. The van der Waals surface area contributed by atoms with Gasteiger partial charge >= 0.3 is 5.79 Å². The summed E-state index contributed by atoms with van der Waals surface area (Å²) in [6.07, 6.45) is 0. The third kappa shape index (κ3) is 2.70. The lowest BCUT2D eigenvalue weighted by atomic mass is 10.0. The van der Waals surface area contributed by atoms with Gasteiger partial charge in [-0.15, -0.1) is 11.1 Å². The van der Waals surface area contributed by atoms with Crippen molar-refractivity contribution < 1.29 is 25.5 Å². The van der Waals surface area contributed by atoms with Gasteiger partial charge in [0.2, 0.25) is 0 Å². The van der Waals surface area contributed by atoms with Crippen LogP contribution >= 0.6 is 0 Å². The van der Waals surface area contributed by atoms with Crippen molar-refractivity contribution in [3.05, 3.63) is 45.8 Å². The molecule has 1 aromatic carbocycles. The highest BCUT2D eigenvalue weighted by Crippen LogP contribution is 2.20. The van der Waals surface area contributed by atoms with Crippen LogP contribution in [0.3, 0.4) is 0 Å². The van der Waals surface area contributed by atoms with Gasteiger partial charge in [0, 0.05) is 18.2 Å². The zero-order valence-electron chi connectivity index (χ0n) is 10.9. The summed E-state index contributed by atoms with van der Waals surface area (Å²) in [5, 5.41) is 32.0. The Balaban J connectivity index is 3.26. The summed E-state index contributed by atoms with van der Waals surface area (Å²) < 4.78 is 0. The number of hydroxylamine groups is 1. The molecule has 0 unspecified atom stereocenters. The number of Topliss-reactive ketones (excluding diaryl/α,β-unsaturated/α-hetero) is 1. The van der Waals surface area contributed by atoms with Gasteiger partial charge < -0.3 is 15.7 Å². The number of nitrogens with two attached hydrogens (primary N) is 2. The van der Waals surface area contributed by atoms with Crippen molar-refractivity contribution in [2.24, 2.45) is 15.5 Å². The van der Waals surface area contributed by atoms with Gasteiger partial charge in [-0.25, -0.2) is 0 Å². The van der Waals surface area contributed by atoms with Gasteiger partial charge in [-0.1, -0.05) is 12.1 Å². The summed E-state index contributed by atoms with van der Waals surface area (Å²) in [4.78, 5) is 22.9. The van der Waals surface area contributed by atoms with E-state index in [1.807, 2.05) is 5.28 Å². The Hall–Kier alpha value is -3.24. The summed E-state index contributed by atoms with van der Waals surface area (Å²) >= 11 is 0. The first-order valence-electron chi connectivity index (χ1n) is 5.48. The Morgan fingerprint density at radius 2 is 1.67 bits per heavy atom. The molecule has 0 atom stereocenters. The number of benzene rings is 1. The Morgan fingerprint density at radius 1 is 1.19 bits per heavy atom. The number of carbonyl (C=O) groups is 2. The lowest BCUT2D eigenvalue weighted by Crippen LogP contribution is -2.53. The largest absolute Gasteiger partial charge is 0.739 e. The highest BCUT2D eigenvalue weighted by molar-refractivity contribution is 6.02. The summed E-state index contributed by atoms with van der Waals surface area (Å²) in [5.74, 6) is -4.13. The van der Waals surface area contributed by atoms with Crippen molar-refractivity contribution in [1.82, 2.24) is 5.32 Å². The second kappa shape index (κ2) is 6.27. The minimum Gasteiger partial charge on any atom is -0.739 e. The molecule has 0 bridgehead atoms. The summed E-state index contributed by atoms with van der Waals surface area (Å²) in [5.41, 5.74) is 10.1. The zero-order chi connectivity index (χ0) is 16.0. The van der Waals surface area contributed by atoms with Crippen LogP contribution in [0.4, 0.5) is 0 Å². The molecule has 0 spiro atoms. The van der Waals surface area contributed by atoms with Crippen LogP contribution in [0, 0.1) is 10.4 Å². The van der Waals surface area contributed by atoms with Crippen molar-refractivity contribution >= 4 is 11.7 Å². The third-order valence-corrected chi connectivity index (χ3v) is 2.64. The molecule has 0 heterocycles. The van der Waals surface area contributed by atoms with E-state index in [0.29, 0.717) is 0 Å². The van der Waals surface area contributed by atoms with Crippen LogP contribution in [0.25, 0.3) is 0 Å². The number of hydrogen-bond donors (Lipinski definition) is 3. The van der Waals surface area contributed by atoms with Crippen LogP contribution in [-0.2, 0) is 0 Å². The average Bonchev–Trinajstić information content (AvgIpc) is 2.55. The Bertz CT molecular complexity index is 602. The van der Waals surface area contributed by atoms with Crippen molar-refractivity contribution in [3.8, 4) is 0 Å². The summed E-state index contributed by atoms with van der Waals surface area (Å²) in [7, 11) is 1.44. The normalized spacial score (nSPS) is 11.6. The van der Waals surface area contributed by atoms with Crippen LogP contribution in [0.1, 0.15) is 20.7 Å². The van der Waals surface area contributed by atoms with Crippen LogP contribution < -0.4 is 16.4 Å². The molecule has 1 amide bonds. The van der Waals surface area contributed by atoms with Crippen molar-refractivity contribution in [3.63, 3.8) is 0 Å². The molecule has 110 valence electrons. The predicted octanol–water partition coefficient (Wildman–Crippen LogP) is -2.23. The van der Waals surface area contributed by atoms with E-state index in [1.165, 1.54) is 31.3 Å². The van der Waals surface area contributed by atoms with Crippen LogP contribution in [0.5, 0.6) is 0 Å². The summed E-state index contributed by atoms with van der Waals surface area (Å²) in [6, 6.07) is 5.12. The van der Waals surface area contributed by atoms with E-state index in [-0.39, 0.29) is 17.0 Å². The molecule has 1 rings (SSSR count). The molecule has 0 aliphatic heterocycles. The van der Waals surface area contributed by atoms with E-state index in [9.17, 15) is 20.0 Å². The lowest BCUT2D eigenvalue weighted by Gasteiger charge is -2.13. The van der Waals surface area contributed by atoms with Gasteiger partial charge in [-0.3, -0.25) is 9.59 Å². The number of amides is 1. The molecule has 0 aromatic heterocycles. The average molecular weight is 294 g/mol. The number of carbonyl (C=O) groups excluding carboxylic acids is 2. The van der Waals surface area contributed by atoms with Crippen molar-refractivity contribution in [2.75, 3.05) is 7.05 Å². The van der Waals surface area contributed by atoms with Gasteiger partial charge in [-0.05, 0) is 22.3 Å². The number of ketones is 1. The van der Waals surface area contributed by atoms with Gasteiger partial charge in [0.25, 0.3) is 11.7 Å². The first-order chi connectivity index (χ1) is 9.96. The van der Waals surface area contributed by atoms with Gasteiger partial charge in [-0.2, -0.15) is 0 Å². The Morgan fingerprint density at radius 3 is 2.05 bits per heavy atom. The SMILES string of the molecule is CNC(=O)c1ccc(C(=O)C(N=[NH2+])(N=[NH2+])/[N+]([O-])=N/[O-])cc1. The molecule has 0 saturated heterocycles. The Kier molecular flexibility index (Phi) is 4.72. The number of nitrogens with zero attached hydrogens (tertiary/aromatic N) is 4. The van der Waals surface area contributed by atoms with E-state index >= 15 is 0 Å². The van der Waals surface area contributed by atoms with E-state index in [2.05, 4.69) is 15.5 Å². The van der Waals surface area contributed by atoms with Crippen LogP contribution in [-0.4, -0.2) is 29.4 Å². The second-order valence-corrected chi connectivity index (χ2v) is 3.73. The number of hydrogen-bond acceptors (Lipinski definition) is 7. The maximum absolute atomic E-state index is 12.2. The smallest absolute Gasteiger partial charge is 0.554 e. The van der Waals surface area contributed by atoms with E-state index in [1.54, 1.807) is 0 Å². The quantitative estimate of drug-likeness (QED) is 0.232. The van der Waals surface area contributed by atoms with E-state index < -0.39 is 16.4 Å². The van der Waals surface area contributed by atoms with Crippen LogP contribution in [0.2, 0.25) is 0 Å². The fourth-order valence-electron chi connectivity index (χ4n) is 1.50. The molecule has 11 heteroatoms. The molecule has 0 fully saturated rings. The molecular weight excluding hydrogens is 282 g/mol. The molecule has 5 N–H and O–H groups in total. The number of nitrogens with one attached hydrogen (secondary N) is 1. The lowest BCUT2D eigenvalue weighted by molar-refractivity contribution is -0.615. The standard InChI is InChI=1S/C10H11N7O4/c1-13-9(19)7-4-2-6(3-5-7)8(18)10(14-11,15-12)17(21)16-20/h2-5,11-12,20H,1H3,(H,13,19)/p+1/b14-11?,15-12?,17-16-. The maximum Gasteiger partial charge on any atom is 0.554 e. The zero-order valence-corrected chi connectivity index (χ0v) is 10.9. The molecule has 0 saturated carbocycles. The van der Waals surface area contributed by atoms with Crippen molar-refractivity contribution in [1.29, 1.82) is 0 Å². The van der Waals surface area contributed by atoms with Gasteiger partial charge in [0.05, 0.1) is 10.2 Å². The van der Waals surface area contributed by atoms with Gasteiger partial charge in [0.15, 0.2) is 0 Å². The van der Waals surface area contributed by atoms with Crippen LogP contribution in [0.15, 0.2) is 39.8 Å². The van der Waals surface area contributed by atoms with Crippen molar-refractivity contribution in [2.45, 2.75) is 5.79 Å². The molecule has 11 nitrogen and oxygen atoms in total. The predicted molar refractivity (Wildman–Crippen MR) is 65.0 cm³/mol. The maximum atomic E-state index is 12.2. The topological polar surface area (TPSA) is 184 Å². The second-order valence-electron chi connectivity index (χ2n) is 3.73. The fourth-order valence-corrected chi connectivity index (χ4v) is 1.50. The molecule has 0 radical (unpaired) electrons. The molecular formula is C10H12N7O4+. The summed E-state index contributed by atoms with van der Waals surface area (Å²) in [6.45, 7) is 0.